The van der Waals surface area contributed by atoms with Gasteiger partial charge in [-0.15, -0.1) is 0 Å². The van der Waals surface area contributed by atoms with Crippen molar-refractivity contribution in [2.24, 2.45) is 16.8 Å². The minimum Gasteiger partial charge on any atom is -0.507 e. The van der Waals surface area contributed by atoms with E-state index >= 15 is 0 Å². The fourth-order valence-electron chi connectivity index (χ4n) is 4.97. The van der Waals surface area contributed by atoms with Gasteiger partial charge in [-0.2, -0.15) is 0 Å². The summed E-state index contributed by atoms with van der Waals surface area (Å²) in [5.41, 5.74) is -1.71. The molecule has 4 rings (SSSR count). The third-order valence-electron chi connectivity index (χ3n) is 6.31. The predicted octanol–water partition coefficient (Wildman–Crippen LogP) is 2.43. The molecule has 0 aromatic heterocycles. The van der Waals surface area contributed by atoms with E-state index in [1.807, 2.05) is 0 Å². The summed E-state index contributed by atoms with van der Waals surface area (Å²) < 4.78 is 9.92. The Morgan fingerprint density at radius 2 is 2.00 bits per heavy atom. The largest absolute Gasteiger partial charge is 0.509 e. The van der Waals surface area contributed by atoms with Crippen LogP contribution in [0.3, 0.4) is 0 Å². The Balaban J connectivity index is 1.96. The fourth-order valence-corrected chi connectivity index (χ4v) is 4.97. The Kier molecular flexibility index (Phi) is 4.83. The fraction of sp³-hybridized carbons (Fsp3) is 0.364. The van der Waals surface area contributed by atoms with Crippen LogP contribution in [0.2, 0.25) is 0 Å². The van der Waals surface area contributed by atoms with E-state index in [2.05, 4.69) is 16.4 Å². The topological polar surface area (TPSA) is 143 Å². The number of Topliss-reactive ketones (excluding diaryl/α,β-unsaturated/α-hetero) is 2. The minimum atomic E-state index is -2.23. The number of benzene rings is 1. The van der Waals surface area contributed by atoms with Crippen LogP contribution in [0.4, 0.5) is 4.79 Å². The Morgan fingerprint density at radius 1 is 1.26 bits per heavy atom. The van der Waals surface area contributed by atoms with Crippen molar-refractivity contribution in [3.8, 4) is 5.75 Å². The summed E-state index contributed by atoms with van der Waals surface area (Å²) in [4.78, 5) is 42.1. The molecule has 9 nitrogen and oxygen atoms in total. The van der Waals surface area contributed by atoms with E-state index in [9.17, 15) is 29.7 Å². The van der Waals surface area contributed by atoms with Gasteiger partial charge in [0.1, 0.15) is 11.5 Å². The normalized spacial score (nSPS) is 27.3. The van der Waals surface area contributed by atoms with Crippen molar-refractivity contribution >= 4 is 30.2 Å². The molecule has 0 aliphatic heterocycles. The maximum absolute atomic E-state index is 13.8. The highest BCUT2D eigenvalue weighted by atomic mass is 16.7. The molecule has 0 saturated heterocycles. The van der Waals surface area contributed by atoms with E-state index < -0.39 is 46.7 Å². The molecule has 0 amide bonds. The predicted molar refractivity (Wildman–Crippen MR) is 108 cm³/mol. The van der Waals surface area contributed by atoms with Crippen LogP contribution in [0.25, 0.3) is 5.76 Å². The summed E-state index contributed by atoms with van der Waals surface area (Å²) in [5, 5.41) is 32.2. The number of aliphatic hydroxyl groups is 2. The van der Waals surface area contributed by atoms with E-state index in [1.165, 1.54) is 6.07 Å². The molecule has 0 spiro atoms. The highest BCUT2D eigenvalue weighted by Gasteiger charge is 2.63. The van der Waals surface area contributed by atoms with Gasteiger partial charge in [0.2, 0.25) is 11.4 Å². The number of ketones is 2. The van der Waals surface area contributed by atoms with Crippen LogP contribution in [0.5, 0.6) is 5.75 Å². The number of aliphatic hydroxyl groups excluding tert-OH is 2. The van der Waals surface area contributed by atoms with Gasteiger partial charge in [0, 0.05) is 17.9 Å². The lowest BCUT2D eigenvalue weighted by Gasteiger charge is -2.47. The van der Waals surface area contributed by atoms with Crippen molar-refractivity contribution in [3.05, 3.63) is 46.2 Å². The number of phenols is 1. The van der Waals surface area contributed by atoms with Crippen molar-refractivity contribution in [1.82, 2.24) is 0 Å². The summed E-state index contributed by atoms with van der Waals surface area (Å²) in [6.07, 6.45) is -0.862. The van der Waals surface area contributed by atoms with Crippen LogP contribution in [-0.4, -0.2) is 59.0 Å². The summed E-state index contributed by atoms with van der Waals surface area (Å²) in [6, 6.07) is 4.75. The molecule has 1 fully saturated rings. The van der Waals surface area contributed by atoms with Crippen LogP contribution in [0, 0.1) is 11.8 Å². The molecule has 0 bridgehead atoms. The number of ether oxygens (including phenoxy) is 2. The maximum Gasteiger partial charge on any atom is 0.509 e. The Bertz CT molecular complexity index is 1080. The number of aromatic hydroxyl groups is 1. The maximum atomic E-state index is 13.8. The number of hydrogen-bond acceptors (Lipinski definition) is 9. The second kappa shape index (κ2) is 7.26. The lowest BCUT2D eigenvalue weighted by molar-refractivity contribution is -0.151. The third-order valence-corrected chi connectivity index (χ3v) is 6.31. The number of fused-ring (bicyclic) bond motifs is 3. The van der Waals surface area contributed by atoms with Crippen molar-refractivity contribution < 1.29 is 39.2 Å². The zero-order chi connectivity index (χ0) is 22.5. The first-order valence-corrected chi connectivity index (χ1v) is 9.70. The molecule has 3 aliphatic carbocycles. The summed E-state index contributed by atoms with van der Waals surface area (Å²) >= 11 is 0. The minimum absolute atomic E-state index is 0.0686. The van der Waals surface area contributed by atoms with Crippen LogP contribution in [-0.2, 0) is 25.5 Å². The van der Waals surface area contributed by atoms with Crippen LogP contribution in [0.15, 0.2) is 40.1 Å². The van der Waals surface area contributed by atoms with Crippen molar-refractivity contribution in [2.75, 3.05) is 13.7 Å². The molecule has 1 aromatic carbocycles. The molecule has 3 N–H and O–H groups in total. The Morgan fingerprint density at radius 3 is 2.68 bits per heavy atom. The molecule has 0 radical (unpaired) electrons. The molecule has 1 aromatic rings. The number of rotatable bonds is 3. The van der Waals surface area contributed by atoms with Crippen LogP contribution >= 0.6 is 0 Å². The highest BCUT2D eigenvalue weighted by molar-refractivity contribution is 6.14. The number of phenolic OH excluding ortho intramolecular Hbond substituents is 1. The Labute approximate surface area is 177 Å². The van der Waals surface area contributed by atoms with Gasteiger partial charge in [-0.25, -0.2) is 4.79 Å². The molecule has 0 unspecified atom stereocenters. The van der Waals surface area contributed by atoms with Gasteiger partial charge in [0.15, 0.2) is 11.5 Å². The monoisotopic (exact) mass is 427 g/mol. The van der Waals surface area contributed by atoms with Gasteiger partial charge in [0.25, 0.3) is 0 Å². The first-order chi connectivity index (χ1) is 14.8. The van der Waals surface area contributed by atoms with Gasteiger partial charge in [0.05, 0.1) is 24.8 Å². The van der Waals surface area contributed by atoms with E-state index in [4.69, 9.17) is 4.74 Å². The molecule has 162 valence electrons. The quantitative estimate of drug-likeness (QED) is 0.493. The van der Waals surface area contributed by atoms with Crippen LogP contribution < -0.4 is 0 Å². The third kappa shape index (κ3) is 2.83. The standard InChI is InChI=1S/C22H21NO8/c1-23-9-13-15(25)8-12-7-11-6-10-4-3-5-14(24)16(10)18(26)17(11)20(28)22(12,19(13)27)31-21(29)30-2/h3-5,11-12,24,26-27H,1,6-9H2,2H3/t11-,12-,22+/m0/s1. The highest BCUT2D eigenvalue weighted by Crippen LogP contribution is 2.53. The summed E-state index contributed by atoms with van der Waals surface area (Å²) in [6.45, 7) is 3.05. The second-order valence-electron chi connectivity index (χ2n) is 7.86. The SMILES string of the molecule is C=NCC1=C(O)[C@@]2(OC(=O)OC)C(=O)C3=C(O)c4c(O)cccc4C[C@H]3C[C@H]2CC1=O. The molecular weight excluding hydrogens is 406 g/mol. The molecule has 9 heteroatoms. The average Bonchev–Trinajstić information content (AvgIpc) is 2.72. The summed E-state index contributed by atoms with van der Waals surface area (Å²) in [7, 11) is 1.05. The molecule has 31 heavy (non-hydrogen) atoms. The molecule has 0 heterocycles. The summed E-state index contributed by atoms with van der Waals surface area (Å²) in [5.74, 6) is -3.98. The van der Waals surface area contributed by atoms with Gasteiger partial charge in [-0.05, 0) is 37.1 Å². The lowest BCUT2D eigenvalue weighted by Crippen LogP contribution is -2.60. The first-order valence-electron chi connectivity index (χ1n) is 9.70. The zero-order valence-electron chi connectivity index (χ0n) is 16.8. The van der Waals surface area contributed by atoms with Crippen molar-refractivity contribution in [3.63, 3.8) is 0 Å². The average molecular weight is 427 g/mol. The zero-order valence-corrected chi connectivity index (χ0v) is 16.8. The van der Waals surface area contributed by atoms with Crippen LogP contribution in [0.1, 0.15) is 24.0 Å². The van der Waals surface area contributed by atoms with E-state index in [0.717, 1.165) is 7.11 Å². The van der Waals surface area contributed by atoms with Crippen molar-refractivity contribution in [2.45, 2.75) is 24.9 Å². The van der Waals surface area contributed by atoms with Crippen molar-refractivity contribution in [1.29, 1.82) is 0 Å². The first kappa shape index (κ1) is 20.6. The number of methoxy groups -OCH3 is 1. The molecule has 3 atom stereocenters. The second-order valence-corrected chi connectivity index (χ2v) is 7.86. The van der Waals surface area contributed by atoms with Gasteiger partial charge in [-0.3, -0.25) is 14.6 Å². The van der Waals surface area contributed by atoms with E-state index in [-0.39, 0.29) is 41.8 Å². The number of nitrogens with zero attached hydrogens (tertiary/aromatic N) is 1. The lowest BCUT2D eigenvalue weighted by atomic mass is 9.59. The van der Waals surface area contributed by atoms with E-state index in [1.54, 1.807) is 12.1 Å². The number of aliphatic imine (C=N–C) groups is 1. The molecule has 3 aliphatic rings. The van der Waals surface area contributed by atoms with Gasteiger partial charge >= 0.3 is 6.16 Å². The number of carbonyl (C=O) groups is 3. The molecular formula is C22H21NO8. The van der Waals surface area contributed by atoms with Gasteiger partial charge < -0.3 is 24.8 Å². The number of hydrogen-bond donors (Lipinski definition) is 3. The van der Waals surface area contributed by atoms with E-state index in [0.29, 0.717) is 12.0 Å². The number of carbonyl (C=O) groups excluding carboxylic acids is 3. The molecule has 1 saturated carbocycles. The Hall–Kier alpha value is -3.62. The van der Waals surface area contributed by atoms with Gasteiger partial charge in [-0.1, -0.05) is 12.1 Å². The smallest absolute Gasteiger partial charge is 0.507 e.